The summed E-state index contributed by atoms with van der Waals surface area (Å²) in [5, 5.41) is 0.301. The van der Waals surface area contributed by atoms with E-state index in [1.807, 2.05) is 19.6 Å². The number of nitrogens with zero attached hydrogens (tertiary/aromatic N) is 1. The van der Waals surface area contributed by atoms with Crippen LogP contribution in [0.15, 0.2) is 34.7 Å². The van der Waals surface area contributed by atoms with Crippen molar-refractivity contribution < 1.29 is 13.2 Å². The predicted molar refractivity (Wildman–Crippen MR) is 78.8 cm³/mol. The van der Waals surface area contributed by atoms with Crippen LogP contribution in [0.25, 0.3) is 0 Å². The molecule has 0 saturated heterocycles. The highest BCUT2D eigenvalue weighted by Crippen LogP contribution is 2.69. The van der Waals surface area contributed by atoms with E-state index in [9.17, 15) is 13.2 Å². The summed E-state index contributed by atoms with van der Waals surface area (Å²) in [6.07, 6.45) is 0. The molecular formula is C10H14F3INPSi. The van der Waals surface area contributed by atoms with Gasteiger partial charge >= 0.3 is 5.92 Å². The molecule has 0 radical (unpaired) electrons. The summed E-state index contributed by atoms with van der Waals surface area (Å²) >= 11 is 1.53. The van der Waals surface area contributed by atoms with E-state index in [1.165, 1.54) is 34.2 Å². The van der Waals surface area contributed by atoms with Gasteiger partial charge in [0.1, 0.15) is 0 Å². The van der Waals surface area contributed by atoms with Crippen molar-refractivity contribution in [3.63, 3.8) is 0 Å². The Bertz CT molecular complexity index is 439. The van der Waals surface area contributed by atoms with Crippen molar-refractivity contribution in [2.45, 2.75) is 25.6 Å². The summed E-state index contributed by atoms with van der Waals surface area (Å²) < 4.78 is 40.6. The number of alkyl halides is 3. The summed E-state index contributed by atoms with van der Waals surface area (Å²) in [4.78, 5) is 0. The molecule has 0 aliphatic heterocycles. The molecule has 0 bridgehead atoms. The van der Waals surface area contributed by atoms with E-state index in [-0.39, 0.29) is 0 Å². The molecule has 1 aromatic rings. The standard InChI is InChI=1S/C10H14F3INPSi/c1-17(2,3)15-16(14,10(11,12)13)9-7-5-4-6-8-9/h4-8H,1-3H3. The molecule has 1 aromatic carbocycles. The summed E-state index contributed by atoms with van der Waals surface area (Å²) in [7, 11) is -2.14. The van der Waals surface area contributed by atoms with Crippen molar-refractivity contribution >= 4 is 40.3 Å². The Hall–Kier alpha value is 0.187. The minimum Gasteiger partial charge on any atom is -0.317 e. The predicted octanol–water partition coefficient (Wildman–Crippen LogP) is 5.22. The molecule has 1 atom stereocenters. The van der Waals surface area contributed by atoms with Gasteiger partial charge in [-0.15, -0.1) is 0 Å². The van der Waals surface area contributed by atoms with Crippen LogP contribution >= 0.6 is 26.7 Å². The fraction of sp³-hybridized carbons (Fsp3) is 0.400. The topological polar surface area (TPSA) is 12.4 Å². The van der Waals surface area contributed by atoms with Gasteiger partial charge in [-0.1, -0.05) is 50.0 Å². The average molecular weight is 391 g/mol. The summed E-state index contributed by atoms with van der Waals surface area (Å²) in [5.41, 5.74) is 0. The molecule has 96 valence electrons. The van der Waals surface area contributed by atoms with Gasteiger partial charge in [-0.25, -0.2) is 0 Å². The van der Waals surface area contributed by atoms with Gasteiger partial charge in [-0.05, 0) is 22.0 Å². The smallest absolute Gasteiger partial charge is 0.317 e. The number of hydrogen-bond acceptors (Lipinski definition) is 1. The number of rotatable bonds is 2. The van der Waals surface area contributed by atoms with Crippen molar-refractivity contribution in [3.05, 3.63) is 30.3 Å². The van der Waals surface area contributed by atoms with Gasteiger partial charge < -0.3 is 4.41 Å². The SMILES string of the molecule is C[Si](C)(C)N=P(I)(c1ccccc1)C(F)(F)F. The quantitative estimate of drug-likeness (QED) is 0.373. The van der Waals surface area contributed by atoms with Crippen molar-refractivity contribution in [2.24, 2.45) is 4.41 Å². The molecule has 0 saturated carbocycles. The third kappa shape index (κ3) is 3.82. The minimum absolute atomic E-state index is 0.301. The number of hydrogen-bond donors (Lipinski definition) is 0. The Morgan fingerprint density at radius 3 is 1.94 bits per heavy atom. The molecule has 7 heteroatoms. The molecule has 0 heterocycles. The van der Waals surface area contributed by atoms with Crippen LogP contribution in [0.1, 0.15) is 0 Å². The fourth-order valence-electron chi connectivity index (χ4n) is 1.30. The second kappa shape index (κ2) is 5.05. The molecule has 0 aliphatic rings. The largest absolute Gasteiger partial charge is 0.432 e. The van der Waals surface area contributed by atoms with E-state index in [2.05, 4.69) is 4.41 Å². The van der Waals surface area contributed by atoms with Crippen molar-refractivity contribution in [2.75, 3.05) is 0 Å². The maximum atomic E-state index is 13.3. The van der Waals surface area contributed by atoms with Gasteiger partial charge in [-0.3, -0.25) is 0 Å². The molecule has 0 spiro atoms. The molecule has 0 fully saturated rings. The zero-order chi connectivity index (χ0) is 13.3. The summed E-state index contributed by atoms with van der Waals surface area (Å²) in [6.45, 7) is 5.49. The molecule has 1 unspecified atom stereocenters. The van der Waals surface area contributed by atoms with Crippen molar-refractivity contribution in [1.29, 1.82) is 0 Å². The minimum atomic E-state index is -4.27. The third-order valence-corrected chi connectivity index (χ3v) is 12.3. The van der Waals surface area contributed by atoms with Gasteiger partial charge in [0.05, 0.1) is 0 Å². The van der Waals surface area contributed by atoms with Crippen LogP contribution in [0.4, 0.5) is 13.2 Å². The van der Waals surface area contributed by atoms with E-state index < -0.39 is 18.8 Å². The van der Waals surface area contributed by atoms with Crippen LogP contribution in [0.3, 0.4) is 0 Å². The molecule has 0 amide bonds. The Morgan fingerprint density at radius 2 is 1.59 bits per heavy atom. The monoisotopic (exact) mass is 391 g/mol. The van der Waals surface area contributed by atoms with Crippen LogP contribution < -0.4 is 5.30 Å². The molecule has 17 heavy (non-hydrogen) atoms. The molecule has 1 nitrogen and oxygen atoms in total. The lowest BCUT2D eigenvalue weighted by Crippen LogP contribution is -2.22. The maximum absolute atomic E-state index is 13.3. The van der Waals surface area contributed by atoms with E-state index in [4.69, 9.17) is 0 Å². The molecule has 0 aliphatic carbocycles. The highest BCUT2D eigenvalue weighted by Gasteiger charge is 2.48. The number of benzene rings is 1. The zero-order valence-electron chi connectivity index (χ0n) is 9.79. The van der Waals surface area contributed by atoms with Gasteiger partial charge in [0.2, 0.25) is 0 Å². The third-order valence-electron chi connectivity index (χ3n) is 1.87. The first kappa shape index (κ1) is 15.2. The molecule has 1 rings (SSSR count). The van der Waals surface area contributed by atoms with Crippen molar-refractivity contribution in [3.8, 4) is 0 Å². The van der Waals surface area contributed by atoms with E-state index in [1.54, 1.807) is 18.2 Å². The first-order chi connectivity index (χ1) is 7.56. The highest BCUT2D eigenvalue weighted by atomic mass is 127. The first-order valence-corrected chi connectivity index (χ1v) is 13.0. The van der Waals surface area contributed by atoms with Crippen LogP contribution in [-0.2, 0) is 0 Å². The van der Waals surface area contributed by atoms with Crippen LogP contribution in [0.2, 0.25) is 19.6 Å². The molecule has 0 aromatic heterocycles. The van der Waals surface area contributed by atoms with Crippen LogP contribution in [0.5, 0.6) is 0 Å². The van der Waals surface area contributed by atoms with E-state index in [0.29, 0.717) is 5.30 Å². The lowest BCUT2D eigenvalue weighted by molar-refractivity contribution is -0.0380. The van der Waals surface area contributed by atoms with Gasteiger partial charge in [0, 0.05) is 5.30 Å². The Morgan fingerprint density at radius 1 is 1.12 bits per heavy atom. The summed E-state index contributed by atoms with van der Waals surface area (Å²) in [6, 6.07) is 8.03. The Balaban J connectivity index is 3.48. The second-order valence-electron chi connectivity index (χ2n) is 4.63. The van der Waals surface area contributed by atoms with E-state index in [0.717, 1.165) is 0 Å². The lowest BCUT2D eigenvalue weighted by atomic mass is 10.4. The van der Waals surface area contributed by atoms with Crippen molar-refractivity contribution in [1.82, 2.24) is 0 Å². The maximum Gasteiger partial charge on any atom is 0.432 e. The highest BCUT2D eigenvalue weighted by molar-refractivity contribution is 14.2. The average Bonchev–Trinajstić information content (AvgIpc) is 2.14. The zero-order valence-corrected chi connectivity index (χ0v) is 13.8. The summed E-state index contributed by atoms with van der Waals surface area (Å²) in [5.74, 6) is -4.27. The fourth-order valence-corrected chi connectivity index (χ4v) is 13.2. The molecule has 0 N–H and O–H groups in total. The second-order valence-corrected chi connectivity index (χ2v) is 16.1. The Kier molecular flexibility index (Phi) is 4.53. The van der Waals surface area contributed by atoms with Gasteiger partial charge in [0.25, 0.3) is 0 Å². The Labute approximate surface area is 113 Å². The molecular weight excluding hydrogens is 377 g/mol. The van der Waals surface area contributed by atoms with E-state index >= 15 is 0 Å². The van der Waals surface area contributed by atoms with Crippen LogP contribution in [0, 0.1) is 0 Å². The van der Waals surface area contributed by atoms with Gasteiger partial charge in [0.15, 0.2) is 12.9 Å². The normalized spacial score (nSPS) is 16.4. The lowest BCUT2D eigenvalue weighted by Gasteiger charge is -2.25. The first-order valence-electron chi connectivity index (χ1n) is 5.02. The van der Waals surface area contributed by atoms with Crippen LogP contribution in [-0.4, -0.2) is 14.2 Å². The van der Waals surface area contributed by atoms with Gasteiger partial charge in [-0.2, -0.15) is 13.2 Å². The number of halogens is 4.